The van der Waals surface area contributed by atoms with Gasteiger partial charge in [-0.15, -0.1) is 0 Å². The van der Waals surface area contributed by atoms with E-state index in [-0.39, 0.29) is 6.54 Å². The van der Waals surface area contributed by atoms with Crippen LogP contribution in [0.2, 0.25) is 0 Å². The second-order valence-electron chi connectivity index (χ2n) is 6.57. The van der Waals surface area contributed by atoms with Crippen LogP contribution in [0.4, 0.5) is 5.69 Å². The summed E-state index contributed by atoms with van der Waals surface area (Å²) in [6.45, 7) is 4.21. The van der Waals surface area contributed by atoms with Crippen molar-refractivity contribution in [2.45, 2.75) is 26.4 Å². The number of sulfonamides is 1. The summed E-state index contributed by atoms with van der Waals surface area (Å²) in [6, 6.07) is 11.1. The SMILES string of the molecule is CCOc1cccc(CNC(=O)[C@@H](C)N(c2ccc(OC)c(OC)c2)S(C)(=O)=O)c1. The van der Waals surface area contributed by atoms with Crippen LogP contribution in [0, 0.1) is 0 Å². The van der Waals surface area contributed by atoms with E-state index < -0.39 is 22.0 Å². The lowest BCUT2D eigenvalue weighted by atomic mass is 10.2. The second kappa shape index (κ2) is 10.2. The van der Waals surface area contributed by atoms with Crippen molar-refractivity contribution < 1.29 is 27.4 Å². The number of rotatable bonds is 10. The van der Waals surface area contributed by atoms with Gasteiger partial charge in [-0.1, -0.05) is 12.1 Å². The van der Waals surface area contributed by atoms with E-state index in [0.717, 1.165) is 16.1 Å². The number of carbonyl (C=O) groups is 1. The third-order valence-electron chi connectivity index (χ3n) is 4.39. The predicted molar refractivity (Wildman–Crippen MR) is 116 cm³/mol. The molecule has 0 aromatic heterocycles. The third-order valence-corrected chi connectivity index (χ3v) is 5.63. The molecule has 1 N–H and O–H groups in total. The maximum Gasteiger partial charge on any atom is 0.243 e. The van der Waals surface area contributed by atoms with Gasteiger partial charge < -0.3 is 19.5 Å². The Bertz CT molecular complexity index is 977. The van der Waals surface area contributed by atoms with Gasteiger partial charge in [0.05, 0.1) is 32.8 Å². The van der Waals surface area contributed by atoms with E-state index in [1.807, 2.05) is 31.2 Å². The molecule has 0 unspecified atom stereocenters. The molecule has 8 nitrogen and oxygen atoms in total. The molecule has 1 amide bonds. The summed E-state index contributed by atoms with van der Waals surface area (Å²) < 4.78 is 41.9. The molecule has 9 heteroatoms. The van der Waals surface area contributed by atoms with Crippen LogP contribution in [-0.4, -0.2) is 47.4 Å². The first-order valence-corrected chi connectivity index (χ1v) is 11.3. The zero-order chi connectivity index (χ0) is 22.3. The van der Waals surface area contributed by atoms with Crippen molar-refractivity contribution in [3.05, 3.63) is 48.0 Å². The number of nitrogens with zero attached hydrogens (tertiary/aromatic N) is 1. The Kier molecular flexibility index (Phi) is 7.93. The molecule has 0 spiro atoms. The smallest absolute Gasteiger partial charge is 0.243 e. The number of ether oxygens (including phenoxy) is 3. The van der Waals surface area contributed by atoms with Gasteiger partial charge in [0.2, 0.25) is 15.9 Å². The van der Waals surface area contributed by atoms with Crippen molar-refractivity contribution in [3.8, 4) is 17.2 Å². The average Bonchev–Trinajstić information content (AvgIpc) is 2.71. The molecule has 0 heterocycles. The summed E-state index contributed by atoms with van der Waals surface area (Å²) in [5.74, 6) is 1.10. The Morgan fingerprint density at radius 1 is 1.10 bits per heavy atom. The predicted octanol–water partition coefficient (Wildman–Crippen LogP) is 2.57. The summed E-state index contributed by atoms with van der Waals surface area (Å²) >= 11 is 0. The number of hydrogen-bond donors (Lipinski definition) is 1. The quantitative estimate of drug-likeness (QED) is 0.615. The van der Waals surface area contributed by atoms with Crippen molar-refractivity contribution in [2.24, 2.45) is 0 Å². The van der Waals surface area contributed by atoms with E-state index in [1.54, 1.807) is 12.1 Å². The molecule has 2 aromatic rings. The Balaban J connectivity index is 2.22. The summed E-state index contributed by atoms with van der Waals surface area (Å²) in [7, 11) is -0.802. The summed E-state index contributed by atoms with van der Waals surface area (Å²) in [5.41, 5.74) is 1.15. The molecule has 0 aliphatic rings. The molecule has 0 bridgehead atoms. The van der Waals surface area contributed by atoms with E-state index in [0.29, 0.717) is 29.5 Å². The van der Waals surface area contributed by atoms with Crippen LogP contribution in [0.5, 0.6) is 17.2 Å². The van der Waals surface area contributed by atoms with E-state index in [4.69, 9.17) is 14.2 Å². The molecule has 0 fully saturated rings. The van der Waals surface area contributed by atoms with Crippen molar-refractivity contribution >= 4 is 21.6 Å². The summed E-state index contributed by atoms with van der Waals surface area (Å²) in [6.07, 6.45) is 1.05. The highest BCUT2D eigenvalue weighted by Crippen LogP contribution is 2.33. The van der Waals surface area contributed by atoms with Crippen molar-refractivity contribution in [1.29, 1.82) is 0 Å². The first-order chi connectivity index (χ1) is 14.2. The van der Waals surface area contributed by atoms with Crippen LogP contribution < -0.4 is 23.8 Å². The molecule has 0 aliphatic carbocycles. The van der Waals surface area contributed by atoms with Gasteiger partial charge in [0, 0.05) is 12.6 Å². The number of nitrogens with one attached hydrogen (secondary N) is 1. The molecule has 164 valence electrons. The zero-order valence-electron chi connectivity index (χ0n) is 17.8. The summed E-state index contributed by atoms with van der Waals surface area (Å²) in [4.78, 5) is 12.8. The second-order valence-corrected chi connectivity index (χ2v) is 8.43. The largest absolute Gasteiger partial charge is 0.494 e. The Labute approximate surface area is 177 Å². The fourth-order valence-electron chi connectivity index (χ4n) is 3.02. The van der Waals surface area contributed by atoms with Crippen LogP contribution in [0.25, 0.3) is 0 Å². The Morgan fingerprint density at radius 2 is 1.80 bits per heavy atom. The molecule has 1 atom stereocenters. The van der Waals surface area contributed by atoms with Gasteiger partial charge in [0.25, 0.3) is 0 Å². The fraction of sp³-hybridized carbons (Fsp3) is 0.381. The van der Waals surface area contributed by atoms with E-state index >= 15 is 0 Å². The highest BCUT2D eigenvalue weighted by molar-refractivity contribution is 7.92. The number of benzene rings is 2. The average molecular weight is 437 g/mol. The van der Waals surface area contributed by atoms with E-state index in [2.05, 4.69) is 5.32 Å². The number of anilines is 1. The number of methoxy groups -OCH3 is 2. The van der Waals surface area contributed by atoms with Gasteiger partial charge in [-0.05, 0) is 43.7 Å². The van der Waals surface area contributed by atoms with Gasteiger partial charge in [-0.25, -0.2) is 8.42 Å². The van der Waals surface area contributed by atoms with Gasteiger partial charge in [0.1, 0.15) is 11.8 Å². The third kappa shape index (κ3) is 5.79. The Morgan fingerprint density at radius 3 is 2.40 bits per heavy atom. The monoisotopic (exact) mass is 436 g/mol. The molecule has 0 aliphatic heterocycles. The molecule has 30 heavy (non-hydrogen) atoms. The minimum absolute atomic E-state index is 0.244. The lowest BCUT2D eigenvalue weighted by Crippen LogP contribution is -2.47. The van der Waals surface area contributed by atoms with Gasteiger partial charge in [0.15, 0.2) is 11.5 Å². The van der Waals surface area contributed by atoms with Crippen LogP contribution in [0.3, 0.4) is 0 Å². The minimum Gasteiger partial charge on any atom is -0.494 e. The molecular formula is C21H28N2O6S. The van der Waals surface area contributed by atoms with Crippen LogP contribution in [0.15, 0.2) is 42.5 Å². The van der Waals surface area contributed by atoms with Crippen LogP contribution in [0.1, 0.15) is 19.4 Å². The highest BCUT2D eigenvalue weighted by Gasteiger charge is 2.29. The molecule has 0 saturated carbocycles. The number of hydrogen-bond acceptors (Lipinski definition) is 6. The first kappa shape index (κ1) is 23.3. The van der Waals surface area contributed by atoms with E-state index in [1.165, 1.54) is 27.2 Å². The topological polar surface area (TPSA) is 94.2 Å². The Hall–Kier alpha value is -2.94. The normalized spacial score (nSPS) is 12.0. The van der Waals surface area contributed by atoms with Crippen molar-refractivity contribution in [2.75, 3.05) is 31.4 Å². The number of carbonyl (C=O) groups excluding carboxylic acids is 1. The zero-order valence-corrected chi connectivity index (χ0v) is 18.7. The molecule has 0 saturated heterocycles. The molecule has 2 aromatic carbocycles. The lowest BCUT2D eigenvalue weighted by Gasteiger charge is -2.28. The molecule has 2 rings (SSSR count). The lowest BCUT2D eigenvalue weighted by molar-refractivity contribution is -0.122. The van der Waals surface area contributed by atoms with Crippen molar-refractivity contribution in [3.63, 3.8) is 0 Å². The van der Waals surface area contributed by atoms with Crippen LogP contribution in [-0.2, 0) is 21.4 Å². The van der Waals surface area contributed by atoms with Gasteiger partial charge >= 0.3 is 0 Å². The highest BCUT2D eigenvalue weighted by atomic mass is 32.2. The maximum absolute atomic E-state index is 12.8. The summed E-state index contributed by atoms with van der Waals surface area (Å²) in [5, 5.41) is 2.78. The molecule has 0 radical (unpaired) electrons. The molecular weight excluding hydrogens is 408 g/mol. The fourth-order valence-corrected chi connectivity index (χ4v) is 4.19. The van der Waals surface area contributed by atoms with Gasteiger partial charge in [-0.2, -0.15) is 0 Å². The number of amides is 1. The minimum atomic E-state index is -3.75. The van der Waals surface area contributed by atoms with Crippen LogP contribution >= 0.6 is 0 Å². The van der Waals surface area contributed by atoms with E-state index in [9.17, 15) is 13.2 Å². The maximum atomic E-state index is 12.8. The first-order valence-electron chi connectivity index (χ1n) is 9.42. The standard InChI is InChI=1S/C21H28N2O6S/c1-6-29-18-9-7-8-16(12-18)14-22-21(24)15(2)23(30(5,25)26)17-10-11-19(27-3)20(13-17)28-4/h7-13,15H,6,14H2,1-5H3,(H,22,24)/t15-/m1/s1. The van der Waals surface area contributed by atoms with Crippen molar-refractivity contribution in [1.82, 2.24) is 5.32 Å². The van der Waals surface area contributed by atoms with Gasteiger partial charge in [-0.3, -0.25) is 9.10 Å².